The van der Waals surface area contributed by atoms with Crippen LogP contribution in [-0.4, -0.2) is 30.3 Å². The molecule has 3 N–H and O–H groups in total. The second-order valence-electron chi connectivity index (χ2n) is 4.89. The maximum absolute atomic E-state index is 10.4. The number of unbranched alkanes of at least 4 members (excludes halogenated alkanes) is 8. The normalized spacial score (nSPS) is 10.1. The van der Waals surface area contributed by atoms with Crippen LogP contribution >= 0.6 is 0 Å². The number of amides is 1. The fraction of sp³-hybridized carbons (Fsp3) is 0.929. The van der Waals surface area contributed by atoms with E-state index >= 15 is 0 Å². The molecule has 0 rings (SSSR count). The molecule has 4 heteroatoms. The van der Waals surface area contributed by atoms with Crippen LogP contribution in [0.1, 0.15) is 71.1 Å². The van der Waals surface area contributed by atoms with E-state index in [9.17, 15) is 4.79 Å². The first-order valence-corrected chi connectivity index (χ1v) is 7.15. The summed E-state index contributed by atoms with van der Waals surface area (Å²) >= 11 is 0. The zero-order valence-electron chi connectivity index (χ0n) is 12.5. The molecule has 4 nitrogen and oxygen atoms in total. The minimum atomic E-state index is -0.159. The van der Waals surface area contributed by atoms with Crippen LogP contribution in [0.3, 0.4) is 0 Å². The number of carbonyl (C=O) groups is 1. The molecule has 0 radical (unpaired) electrons. The number of nitrogens with two attached hydrogens (primary N) is 1. The van der Waals surface area contributed by atoms with Crippen molar-refractivity contribution in [3.63, 3.8) is 0 Å². The fourth-order valence-electron chi connectivity index (χ4n) is 1.61. The van der Waals surface area contributed by atoms with Crippen LogP contribution in [0, 0.1) is 0 Å². The molecule has 0 saturated heterocycles. The van der Waals surface area contributed by atoms with E-state index in [1.54, 1.807) is 14.1 Å². The van der Waals surface area contributed by atoms with Crippen molar-refractivity contribution in [3.05, 3.63) is 0 Å². The Morgan fingerprint density at radius 2 is 1.28 bits per heavy atom. The summed E-state index contributed by atoms with van der Waals surface area (Å²) in [6, 6.07) is 0. The fourth-order valence-corrected chi connectivity index (χ4v) is 1.61. The first kappa shape index (κ1) is 19.7. The predicted octanol–water partition coefficient (Wildman–Crippen LogP) is 3.33. The van der Waals surface area contributed by atoms with Crippen LogP contribution in [0.25, 0.3) is 0 Å². The molecule has 0 unspecified atom stereocenters. The Hall–Kier alpha value is -0.610. The Kier molecular flexibility index (Phi) is 18.0. The van der Waals surface area contributed by atoms with Gasteiger partial charge in [-0.3, -0.25) is 4.79 Å². The van der Waals surface area contributed by atoms with Gasteiger partial charge in [-0.1, -0.05) is 58.3 Å². The summed E-state index contributed by atoms with van der Waals surface area (Å²) in [6.45, 7) is 2.24. The van der Waals surface area contributed by atoms with Crippen LogP contribution < -0.4 is 5.73 Å². The number of primary amides is 1. The van der Waals surface area contributed by atoms with Crippen molar-refractivity contribution in [2.45, 2.75) is 71.1 Å². The van der Waals surface area contributed by atoms with Gasteiger partial charge in [0.15, 0.2) is 0 Å². The summed E-state index contributed by atoms with van der Waals surface area (Å²) in [5.41, 5.74) is 5.05. The first-order chi connectivity index (χ1) is 8.50. The van der Waals surface area contributed by atoms with Gasteiger partial charge < -0.3 is 10.9 Å². The smallest absolute Gasteiger partial charge is 0.217 e. The molecule has 0 aromatic heterocycles. The van der Waals surface area contributed by atoms with Gasteiger partial charge in [0.25, 0.3) is 0 Å². The summed E-state index contributed by atoms with van der Waals surface area (Å²) in [6.07, 6.45) is 12.1. The third-order valence-electron chi connectivity index (χ3n) is 2.53. The van der Waals surface area contributed by atoms with Crippen LogP contribution in [0.2, 0.25) is 0 Å². The highest BCUT2D eigenvalue weighted by Crippen LogP contribution is 2.10. The van der Waals surface area contributed by atoms with E-state index in [0.29, 0.717) is 6.42 Å². The van der Waals surface area contributed by atoms with Crippen LogP contribution in [0.15, 0.2) is 0 Å². The molecular weight excluding hydrogens is 228 g/mol. The van der Waals surface area contributed by atoms with E-state index in [-0.39, 0.29) is 5.91 Å². The Labute approximate surface area is 112 Å². The van der Waals surface area contributed by atoms with Gasteiger partial charge in [-0.25, -0.2) is 0 Å². The quantitative estimate of drug-likeness (QED) is 0.467. The van der Waals surface area contributed by atoms with E-state index in [0.717, 1.165) is 17.9 Å². The van der Waals surface area contributed by atoms with Crippen molar-refractivity contribution < 1.29 is 10.0 Å². The summed E-state index contributed by atoms with van der Waals surface area (Å²) in [7, 11) is 3.11. The second-order valence-corrected chi connectivity index (χ2v) is 4.89. The standard InChI is InChI=1S/C12H25NO.C2H7NO/c1-2-3-4-5-6-7-8-9-10-11-12(13)14;1-3(2)4/h2-11H2,1H3,(H2,13,14);4H,1-2H3. The Morgan fingerprint density at radius 3 is 1.61 bits per heavy atom. The topological polar surface area (TPSA) is 66.6 Å². The predicted molar refractivity (Wildman–Crippen MR) is 76.5 cm³/mol. The molecular formula is C14H32N2O2. The minimum absolute atomic E-state index is 0.159. The molecule has 1 amide bonds. The van der Waals surface area contributed by atoms with Gasteiger partial charge in [0.2, 0.25) is 5.91 Å². The third-order valence-corrected chi connectivity index (χ3v) is 2.53. The monoisotopic (exact) mass is 260 g/mol. The van der Waals surface area contributed by atoms with Gasteiger partial charge in [0, 0.05) is 20.5 Å². The minimum Gasteiger partial charge on any atom is -0.370 e. The molecule has 0 atom stereocenters. The van der Waals surface area contributed by atoms with Gasteiger partial charge in [-0.05, 0) is 6.42 Å². The van der Waals surface area contributed by atoms with E-state index in [1.165, 1.54) is 44.9 Å². The van der Waals surface area contributed by atoms with Crippen LogP contribution in [0.5, 0.6) is 0 Å². The second kappa shape index (κ2) is 16.4. The summed E-state index contributed by atoms with van der Waals surface area (Å²) < 4.78 is 0. The summed E-state index contributed by atoms with van der Waals surface area (Å²) in [5.74, 6) is -0.159. The average Bonchev–Trinajstić information content (AvgIpc) is 2.26. The van der Waals surface area contributed by atoms with Crippen molar-refractivity contribution in [3.8, 4) is 0 Å². The average molecular weight is 260 g/mol. The molecule has 0 aromatic rings. The van der Waals surface area contributed by atoms with Gasteiger partial charge in [0.1, 0.15) is 0 Å². The maximum Gasteiger partial charge on any atom is 0.217 e. The van der Waals surface area contributed by atoms with Crippen LogP contribution in [0.4, 0.5) is 0 Å². The lowest BCUT2D eigenvalue weighted by Gasteiger charge is -2.00. The highest BCUT2D eigenvalue weighted by atomic mass is 16.5. The zero-order valence-corrected chi connectivity index (χ0v) is 12.5. The summed E-state index contributed by atoms with van der Waals surface area (Å²) in [5, 5.41) is 8.89. The lowest BCUT2D eigenvalue weighted by atomic mass is 10.1. The number of hydroxylamine groups is 2. The van der Waals surface area contributed by atoms with E-state index in [1.807, 2.05) is 0 Å². The third kappa shape index (κ3) is 29.5. The van der Waals surface area contributed by atoms with Gasteiger partial charge in [0.05, 0.1) is 0 Å². The Morgan fingerprint density at radius 1 is 0.944 bits per heavy atom. The number of rotatable bonds is 10. The van der Waals surface area contributed by atoms with E-state index in [2.05, 4.69) is 6.92 Å². The highest BCUT2D eigenvalue weighted by Gasteiger charge is 1.94. The Bertz CT molecular complexity index is 170. The molecule has 0 saturated carbocycles. The molecule has 0 heterocycles. The van der Waals surface area contributed by atoms with Crippen molar-refractivity contribution in [1.29, 1.82) is 0 Å². The highest BCUT2D eigenvalue weighted by molar-refractivity contribution is 5.73. The molecule has 0 aliphatic rings. The van der Waals surface area contributed by atoms with Crippen LogP contribution in [-0.2, 0) is 4.79 Å². The van der Waals surface area contributed by atoms with E-state index in [4.69, 9.17) is 10.9 Å². The van der Waals surface area contributed by atoms with Gasteiger partial charge in [-0.2, -0.15) is 5.06 Å². The van der Waals surface area contributed by atoms with Crippen molar-refractivity contribution in [2.24, 2.45) is 5.73 Å². The number of hydrogen-bond donors (Lipinski definition) is 2. The molecule has 0 aliphatic heterocycles. The molecule has 0 spiro atoms. The number of hydrogen-bond acceptors (Lipinski definition) is 3. The molecule has 0 bridgehead atoms. The molecule has 110 valence electrons. The van der Waals surface area contributed by atoms with Crippen molar-refractivity contribution in [2.75, 3.05) is 14.1 Å². The first-order valence-electron chi connectivity index (χ1n) is 7.15. The summed E-state index contributed by atoms with van der Waals surface area (Å²) in [4.78, 5) is 10.4. The molecule has 0 aromatic carbocycles. The van der Waals surface area contributed by atoms with E-state index < -0.39 is 0 Å². The largest absolute Gasteiger partial charge is 0.370 e. The zero-order chi connectivity index (χ0) is 14.2. The molecule has 0 aliphatic carbocycles. The molecule has 18 heavy (non-hydrogen) atoms. The van der Waals surface area contributed by atoms with Crippen molar-refractivity contribution in [1.82, 2.24) is 5.06 Å². The van der Waals surface area contributed by atoms with Crippen molar-refractivity contribution >= 4 is 5.91 Å². The number of nitrogens with zero attached hydrogens (tertiary/aromatic N) is 1. The van der Waals surface area contributed by atoms with Gasteiger partial charge in [-0.15, -0.1) is 0 Å². The lowest BCUT2D eigenvalue weighted by Crippen LogP contribution is -2.09. The van der Waals surface area contributed by atoms with Gasteiger partial charge >= 0.3 is 0 Å². The maximum atomic E-state index is 10.4. The number of carbonyl (C=O) groups excluding carboxylic acids is 1. The molecule has 0 fully saturated rings. The Balaban J connectivity index is 0. The lowest BCUT2D eigenvalue weighted by molar-refractivity contribution is -0.118. The SMILES string of the molecule is CCCCCCCCCCCC(N)=O.CN(C)O.